The Kier molecular flexibility index (Phi) is 7.16. The lowest BCUT2D eigenvalue weighted by Gasteiger charge is -2.21. The SMILES string of the molecule is CCOC(OCC)c1ccccc1-c1cccc(ON=C(C)C)c1C. The summed E-state index contributed by atoms with van der Waals surface area (Å²) in [4.78, 5) is 5.58. The van der Waals surface area contributed by atoms with Crippen molar-refractivity contribution < 1.29 is 14.3 Å². The summed E-state index contributed by atoms with van der Waals surface area (Å²) in [6, 6.07) is 14.1. The standard InChI is InChI=1S/C21H27NO3/c1-6-23-21(24-7-2)19-12-9-8-11-18(19)17-13-10-14-20(16(17)5)25-22-15(3)4/h8-14,21H,6-7H2,1-5H3. The first kappa shape index (κ1) is 19.2. The smallest absolute Gasteiger partial charge is 0.184 e. The van der Waals surface area contributed by atoms with E-state index in [1.165, 1.54) is 0 Å². The van der Waals surface area contributed by atoms with Crippen LogP contribution in [0.2, 0.25) is 0 Å². The molecule has 4 heteroatoms. The average molecular weight is 341 g/mol. The molecule has 2 rings (SSSR count). The second-order valence-corrected chi connectivity index (χ2v) is 5.89. The summed E-state index contributed by atoms with van der Waals surface area (Å²) in [5.74, 6) is 0.748. The third kappa shape index (κ3) is 4.91. The Labute approximate surface area is 150 Å². The Morgan fingerprint density at radius 3 is 2.20 bits per heavy atom. The zero-order valence-electron chi connectivity index (χ0n) is 15.7. The first-order valence-electron chi connectivity index (χ1n) is 8.68. The first-order valence-corrected chi connectivity index (χ1v) is 8.68. The van der Waals surface area contributed by atoms with Crippen molar-refractivity contribution in [1.82, 2.24) is 0 Å². The molecular formula is C21H27NO3. The van der Waals surface area contributed by atoms with Crippen LogP contribution in [0.25, 0.3) is 11.1 Å². The van der Waals surface area contributed by atoms with Gasteiger partial charge >= 0.3 is 0 Å². The molecule has 0 saturated carbocycles. The highest BCUT2D eigenvalue weighted by atomic mass is 16.7. The zero-order chi connectivity index (χ0) is 18.2. The van der Waals surface area contributed by atoms with Crippen molar-refractivity contribution in [2.45, 2.75) is 40.9 Å². The Balaban J connectivity index is 2.48. The molecule has 2 aromatic carbocycles. The first-order chi connectivity index (χ1) is 12.1. The molecule has 0 N–H and O–H groups in total. The molecule has 0 aliphatic heterocycles. The summed E-state index contributed by atoms with van der Waals surface area (Å²) >= 11 is 0. The van der Waals surface area contributed by atoms with E-state index in [-0.39, 0.29) is 6.29 Å². The van der Waals surface area contributed by atoms with Crippen molar-refractivity contribution in [1.29, 1.82) is 0 Å². The van der Waals surface area contributed by atoms with Gasteiger partial charge in [0, 0.05) is 24.3 Å². The third-order valence-electron chi connectivity index (χ3n) is 3.75. The number of ether oxygens (including phenoxy) is 2. The summed E-state index contributed by atoms with van der Waals surface area (Å²) in [5.41, 5.74) is 5.09. The molecule has 0 radical (unpaired) electrons. The van der Waals surface area contributed by atoms with Gasteiger partial charge < -0.3 is 14.3 Å². The Hall–Kier alpha value is -2.17. The van der Waals surface area contributed by atoms with Crippen LogP contribution < -0.4 is 4.84 Å². The van der Waals surface area contributed by atoms with Crippen LogP contribution in [-0.4, -0.2) is 18.9 Å². The highest BCUT2D eigenvalue weighted by Gasteiger charge is 2.18. The van der Waals surface area contributed by atoms with Gasteiger partial charge in [-0.25, -0.2) is 0 Å². The molecule has 0 saturated heterocycles. The molecule has 0 atom stereocenters. The topological polar surface area (TPSA) is 40.0 Å². The molecule has 0 amide bonds. The van der Waals surface area contributed by atoms with Crippen LogP contribution in [0, 0.1) is 6.92 Å². The van der Waals surface area contributed by atoms with Crippen molar-refractivity contribution in [2.24, 2.45) is 5.16 Å². The quantitative estimate of drug-likeness (QED) is 0.361. The largest absolute Gasteiger partial charge is 0.357 e. The minimum absolute atomic E-state index is 0.383. The average Bonchev–Trinajstić information content (AvgIpc) is 2.61. The molecule has 25 heavy (non-hydrogen) atoms. The molecule has 0 aromatic heterocycles. The summed E-state index contributed by atoms with van der Waals surface area (Å²) in [6.45, 7) is 11.0. The summed E-state index contributed by atoms with van der Waals surface area (Å²) < 4.78 is 11.6. The predicted octanol–water partition coefficient (Wildman–Crippen LogP) is 5.51. The molecule has 2 aromatic rings. The van der Waals surface area contributed by atoms with Crippen LogP contribution >= 0.6 is 0 Å². The fraction of sp³-hybridized carbons (Fsp3) is 0.381. The van der Waals surface area contributed by atoms with Crippen LogP contribution in [0.1, 0.15) is 45.1 Å². The van der Waals surface area contributed by atoms with Crippen molar-refractivity contribution in [3.05, 3.63) is 53.6 Å². The molecular weight excluding hydrogens is 314 g/mol. The number of hydrogen-bond donors (Lipinski definition) is 0. The van der Waals surface area contributed by atoms with Gasteiger partial charge in [-0.3, -0.25) is 0 Å². The van der Waals surface area contributed by atoms with Crippen LogP contribution in [-0.2, 0) is 9.47 Å². The van der Waals surface area contributed by atoms with Gasteiger partial charge in [0.15, 0.2) is 12.0 Å². The molecule has 4 nitrogen and oxygen atoms in total. The minimum atomic E-state index is -0.383. The second kappa shape index (κ2) is 9.35. The number of oxime groups is 1. The van der Waals surface area contributed by atoms with Gasteiger partial charge in [-0.1, -0.05) is 41.6 Å². The molecule has 0 heterocycles. The van der Waals surface area contributed by atoms with E-state index in [4.69, 9.17) is 14.3 Å². The van der Waals surface area contributed by atoms with Crippen molar-refractivity contribution >= 4 is 5.71 Å². The lowest BCUT2D eigenvalue weighted by molar-refractivity contribution is -0.139. The number of hydrogen-bond acceptors (Lipinski definition) is 4. The lowest BCUT2D eigenvalue weighted by Crippen LogP contribution is -2.10. The van der Waals surface area contributed by atoms with E-state index in [9.17, 15) is 0 Å². The molecule has 0 aliphatic carbocycles. The van der Waals surface area contributed by atoms with E-state index in [0.29, 0.717) is 13.2 Å². The van der Waals surface area contributed by atoms with Crippen LogP contribution in [0.15, 0.2) is 47.6 Å². The maximum Gasteiger partial charge on any atom is 0.184 e. The second-order valence-electron chi connectivity index (χ2n) is 5.89. The van der Waals surface area contributed by atoms with Crippen molar-refractivity contribution in [2.75, 3.05) is 13.2 Å². The number of benzene rings is 2. The maximum atomic E-state index is 5.80. The third-order valence-corrected chi connectivity index (χ3v) is 3.75. The molecule has 0 fully saturated rings. The maximum absolute atomic E-state index is 5.80. The Morgan fingerprint density at radius 1 is 0.920 bits per heavy atom. The number of rotatable bonds is 8. The van der Waals surface area contributed by atoms with E-state index in [2.05, 4.69) is 17.3 Å². The monoisotopic (exact) mass is 341 g/mol. The van der Waals surface area contributed by atoms with Crippen LogP contribution in [0.5, 0.6) is 5.75 Å². The fourth-order valence-electron chi connectivity index (χ4n) is 2.62. The predicted molar refractivity (Wildman–Crippen MR) is 102 cm³/mol. The van der Waals surface area contributed by atoms with Gasteiger partial charge in [-0.05, 0) is 51.8 Å². The lowest BCUT2D eigenvalue weighted by atomic mass is 9.95. The molecule has 0 spiro atoms. The van der Waals surface area contributed by atoms with E-state index < -0.39 is 0 Å². The van der Waals surface area contributed by atoms with Crippen molar-refractivity contribution in [3.8, 4) is 16.9 Å². The molecule has 134 valence electrons. The number of nitrogens with zero attached hydrogens (tertiary/aromatic N) is 1. The Bertz CT molecular complexity index is 715. The Morgan fingerprint density at radius 2 is 1.56 bits per heavy atom. The van der Waals surface area contributed by atoms with Crippen LogP contribution in [0.4, 0.5) is 0 Å². The summed E-state index contributed by atoms with van der Waals surface area (Å²) in [6.07, 6.45) is -0.383. The van der Waals surface area contributed by atoms with Gasteiger partial charge in [-0.2, -0.15) is 0 Å². The van der Waals surface area contributed by atoms with E-state index in [1.54, 1.807) is 0 Å². The van der Waals surface area contributed by atoms with Crippen molar-refractivity contribution in [3.63, 3.8) is 0 Å². The van der Waals surface area contributed by atoms with Gasteiger partial charge in [0.1, 0.15) is 0 Å². The zero-order valence-corrected chi connectivity index (χ0v) is 15.7. The molecule has 0 bridgehead atoms. The fourth-order valence-corrected chi connectivity index (χ4v) is 2.62. The van der Waals surface area contributed by atoms with Crippen LogP contribution in [0.3, 0.4) is 0 Å². The van der Waals surface area contributed by atoms with E-state index in [1.807, 2.05) is 65.0 Å². The highest BCUT2D eigenvalue weighted by Crippen LogP contribution is 2.35. The molecule has 0 aliphatic rings. The van der Waals surface area contributed by atoms with Gasteiger partial charge in [0.05, 0.1) is 5.71 Å². The van der Waals surface area contributed by atoms with E-state index >= 15 is 0 Å². The minimum Gasteiger partial charge on any atom is -0.357 e. The van der Waals surface area contributed by atoms with Gasteiger partial charge in [-0.15, -0.1) is 0 Å². The highest BCUT2D eigenvalue weighted by molar-refractivity contribution is 5.78. The van der Waals surface area contributed by atoms with Gasteiger partial charge in [0.2, 0.25) is 0 Å². The summed E-state index contributed by atoms with van der Waals surface area (Å²) in [5, 5.41) is 4.07. The van der Waals surface area contributed by atoms with Gasteiger partial charge in [0.25, 0.3) is 0 Å². The molecule has 0 unspecified atom stereocenters. The normalized spacial score (nSPS) is 10.8. The van der Waals surface area contributed by atoms with E-state index in [0.717, 1.165) is 33.7 Å². The summed E-state index contributed by atoms with van der Waals surface area (Å²) in [7, 11) is 0.